The van der Waals surface area contributed by atoms with Crippen molar-refractivity contribution in [1.82, 2.24) is 4.90 Å². The van der Waals surface area contributed by atoms with E-state index >= 15 is 0 Å². The van der Waals surface area contributed by atoms with Crippen molar-refractivity contribution in [2.75, 3.05) is 6.54 Å². The van der Waals surface area contributed by atoms with Gasteiger partial charge in [-0.1, -0.05) is 39.9 Å². The smallest absolute Gasteiger partial charge is 0.226 e. The van der Waals surface area contributed by atoms with Gasteiger partial charge in [-0.2, -0.15) is 0 Å². The van der Waals surface area contributed by atoms with Gasteiger partial charge in [-0.05, 0) is 24.7 Å². The minimum absolute atomic E-state index is 0.0162. The minimum atomic E-state index is -0.0162. The number of nitrogens with zero attached hydrogens (tertiary/aromatic N) is 1. The SMILES string of the molecule is CC(C)C(C(=O)N1CCCC1C(N)=S)C(C)C. The van der Waals surface area contributed by atoms with Gasteiger partial charge in [0.1, 0.15) is 0 Å². The zero-order valence-electron chi connectivity index (χ0n) is 11.3. The first-order chi connectivity index (χ1) is 7.86. The van der Waals surface area contributed by atoms with Crippen LogP contribution in [-0.2, 0) is 4.79 Å². The van der Waals surface area contributed by atoms with Crippen molar-refractivity contribution < 1.29 is 4.79 Å². The Morgan fingerprint density at radius 3 is 2.24 bits per heavy atom. The van der Waals surface area contributed by atoms with Crippen LogP contribution in [0.5, 0.6) is 0 Å². The van der Waals surface area contributed by atoms with Crippen molar-refractivity contribution in [3.63, 3.8) is 0 Å². The van der Waals surface area contributed by atoms with E-state index in [9.17, 15) is 4.79 Å². The van der Waals surface area contributed by atoms with E-state index in [0.29, 0.717) is 16.8 Å². The molecular weight excluding hydrogens is 232 g/mol. The largest absolute Gasteiger partial charge is 0.392 e. The zero-order valence-corrected chi connectivity index (χ0v) is 12.1. The van der Waals surface area contributed by atoms with Crippen molar-refractivity contribution in [3.8, 4) is 0 Å². The molecule has 1 atom stereocenters. The number of amides is 1. The third-order valence-corrected chi connectivity index (χ3v) is 3.86. The van der Waals surface area contributed by atoms with Crippen molar-refractivity contribution in [3.05, 3.63) is 0 Å². The molecule has 0 aliphatic carbocycles. The Bertz CT molecular complexity index is 294. The van der Waals surface area contributed by atoms with E-state index in [2.05, 4.69) is 27.7 Å². The number of carbonyl (C=O) groups is 1. The monoisotopic (exact) mass is 256 g/mol. The molecule has 1 heterocycles. The molecule has 1 unspecified atom stereocenters. The highest BCUT2D eigenvalue weighted by molar-refractivity contribution is 7.80. The van der Waals surface area contributed by atoms with Crippen molar-refractivity contribution in [2.24, 2.45) is 23.5 Å². The van der Waals surface area contributed by atoms with Crippen LogP contribution in [0, 0.1) is 17.8 Å². The highest BCUT2D eigenvalue weighted by atomic mass is 32.1. The quantitative estimate of drug-likeness (QED) is 0.784. The van der Waals surface area contributed by atoms with Crippen LogP contribution >= 0.6 is 12.2 Å². The van der Waals surface area contributed by atoms with Gasteiger partial charge < -0.3 is 10.6 Å². The first-order valence-electron chi connectivity index (χ1n) is 6.46. The average Bonchev–Trinajstić information content (AvgIpc) is 2.63. The lowest BCUT2D eigenvalue weighted by atomic mass is 9.84. The first-order valence-corrected chi connectivity index (χ1v) is 6.86. The lowest BCUT2D eigenvalue weighted by molar-refractivity contribution is -0.138. The summed E-state index contributed by atoms with van der Waals surface area (Å²) >= 11 is 5.05. The van der Waals surface area contributed by atoms with Gasteiger partial charge in [0, 0.05) is 12.5 Å². The second-order valence-corrected chi connectivity index (χ2v) is 6.08. The third-order valence-electron chi connectivity index (χ3n) is 3.59. The van der Waals surface area contributed by atoms with Gasteiger partial charge in [-0.25, -0.2) is 0 Å². The molecule has 0 bridgehead atoms. The minimum Gasteiger partial charge on any atom is -0.392 e. The van der Waals surface area contributed by atoms with E-state index in [1.54, 1.807) is 0 Å². The fourth-order valence-corrected chi connectivity index (χ4v) is 3.10. The molecule has 0 radical (unpaired) electrons. The molecular formula is C13H24N2OS. The summed E-state index contributed by atoms with van der Waals surface area (Å²) in [5.74, 6) is 1.01. The summed E-state index contributed by atoms with van der Waals surface area (Å²) < 4.78 is 0. The molecule has 0 aromatic rings. The summed E-state index contributed by atoms with van der Waals surface area (Å²) in [5.41, 5.74) is 5.72. The number of likely N-dealkylation sites (tertiary alicyclic amines) is 1. The summed E-state index contributed by atoms with van der Waals surface area (Å²) in [6.45, 7) is 9.22. The Balaban J connectivity index is 2.83. The molecule has 2 N–H and O–H groups in total. The molecule has 0 aromatic heterocycles. The molecule has 4 heteroatoms. The maximum absolute atomic E-state index is 12.6. The van der Waals surface area contributed by atoms with Crippen LogP contribution in [0.3, 0.4) is 0 Å². The Morgan fingerprint density at radius 1 is 1.29 bits per heavy atom. The van der Waals surface area contributed by atoms with E-state index in [1.165, 1.54) is 0 Å². The summed E-state index contributed by atoms with van der Waals surface area (Å²) in [6, 6.07) is -0.0162. The fourth-order valence-electron chi connectivity index (χ4n) is 2.86. The zero-order chi connectivity index (χ0) is 13.2. The van der Waals surface area contributed by atoms with Gasteiger partial charge in [-0.15, -0.1) is 0 Å². The Labute approximate surface area is 110 Å². The number of hydrogen-bond acceptors (Lipinski definition) is 2. The highest BCUT2D eigenvalue weighted by Gasteiger charge is 2.36. The van der Waals surface area contributed by atoms with Crippen LogP contribution in [-0.4, -0.2) is 28.4 Å². The van der Waals surface area contributed by atoms with Gasteiger partial charge in [0.25, 0.3) is 0 Å². The second kappa shape index (κ2) is 5.80. The molecule has 1 fully saturated rings. The van der Waals surface area contributed by atoms with E-state index in [4.69, 9.17) is 18.0 Å². The predicted octanol–water partition coefficient (Wildman–Crippen LogP) is 2.19. The van der Waals surface area contributed by atoms with Crippen molar-refractivity contribution >= 4 is 23.1 Å². The predicted molar refractivity (Wildman–Crippen MR) is 74.7 cm³/mol. The maximum atomic E-state index is 12.6. The lowest BCUT2D eigenvalue weighted by Gasteiger charge is -2.32. The summed E-state index contributed by atoms with van der Waals surface area (Å²) in [5, 5.41) is 0. The van der Waals surface area contributed by atoms with E-state index in [0.717, 1.165) is 19.4 Å². The number of rotatable bonds is 4. The molecule has 17 heavy (non-hydrogen) atoms. The van der Waals surface area contributed by atoms with Crippen molar-refractivity contribution in [2.45, 2.75) is 46.6 Å². The maximum Gasteiger partial charge on any atom is 0.226 e. The van der Waals surface area contributed by atoms with Gasteiger partial charge in [-0.3, -0.25) is 4.79 Å². The molecule has 1 aliphatic heterocycles. The molecule has 1 saturated heterocycles. The normalized spacial score (nSPS) is 20.6. The second-order valence-electron chi connectivity index (χ2n) is 5.61. The molecule has 0 aromatic carbocycles. The average molecular weight is 256 g/mol. The van der Waals surface area contributed by atoms with Gasteiger partial charge in [0.05, 0.1) is 11.0 Å². The van der Waals surface area contributed by atoms with Crippen LogP contribution in [0.15, 0.2) is 0 Å². The lowest BCUT2D eigenvalue weighted by Crippen LogP contribution is -2.47. The van der Waals surface area contributed by atoms with Gasteiger partial charge in [0.15, 0.2) is 0 Å². The number of carbonyl (C=O) groups excluding carboxylic acids is 1. The number of nitrogens with two attached hydrogens (primary N) is 1. The Kier molecular flexibility index (Phi) is 4.92. The van der Waals surface area contributed by atoms with Crippen LogP contribution in [0.4, 0.5) is 0 Å². The van der Waals surface area contributed by atoms with Crippen LogP contribution < -0.4 is 5.73 Å². The van der Waals surface area contributed by atoms with E-state index in [-0.39, 0.29) is 17.9 Å². The van der Waals surface area contributed by atoms with Gasteiger partial charge >= 0.3 is 0 Å². The van der Waals surface area contributed by atoms with E-state index < -0.39 is 0 Å². The van der Waals surface area contributed by atoms with Crippen molar-refractivity contribution in [1.29, 1.82) is 0 Å². The standard InChI is InChI=1S/C13H24N2OS/c1-8(2)11(9(3)4)13(16)15-7-5-6-10(15)12(14)17/h8-11H,5-7H2,1-4H3,(H2,14,17). The van der Waals surface area contributed by atoms with Gasteiger partial charge in [0.2, 0.25) is 5.91 Å². The molecule has 0 spiro atoms. The topological polar surface area (TPSA) is 46.3 Å². The summed E-state index contributed by atoms with van der Waals surface area (Å²) in [7, 11) is 0. The van der Waals surface area contributed by atoms with Crippen LogP contribution in [0.25, 0.3) is 0 Å². The molecule has 1 rings (SSSR count). The molecule has 1 amide bonds. The number of hydrogen-bond donors (Lipinski definition) is 1. The molecule has 0 saturated carbocycles. The molecule has 1 aliphatic rings. The van der Waals surface area contributed by atoms with Crippen LogP contribution in [0.1, 0.15) is 40.5 Å². The Hall–Kier alpha value is -0.640. The van der Waals surface area contributed by atoms with E-state index in [1.807, 2.05) is 4.90 Å². The Morgan fingerprint density at radius 2 is 1.82 bits per heavy atom. The fraction of sp³-hybridized carbons (Fsp3) is 0.846. The molecule has 3 nitrogen and oxygen atoms in total. The summed E-state index contributed by atoms with van der Waals surface area (Å²) in [4.78, 5) is 14.9. The summed E-state index contributed by atoms with van der Waals surface area (Å²) in [6.07, 6.45) is 1.93. The first kappa shape index (κ1) is 14.4. The van der Waals surface area contributed by atoms with Crippen LogP contribution in [0.2, 0.25) is 0 Å². The molecule has 98 valence electrons. The number of thiocarbonyl (C=S) groups is 1. The highest BCUT2D eigenvalue weighted by Crippen LogP contribution is 2.27. The third kappa shape index (κ3) is 3.18.